The largest absolute Gasteiger partial charge is 0.443 e. The molecule has 2 heterocycles. The molecule has 0 atom stereocenters. The molecule has 3 aromatic rings. The fraction of sp³-hybridized carbons (Fsp3) is 0.273. The molecule has 3 rings (SSSR count). The SMILES string of the molecule is CN(C)c1ccc(C#Cc2cc3cnccc3n2C(=O)OC(C)(C)C)cc1. The Bertz CT molecular complexity index is 1030. The Kier molecular flexibility index (Phi) is 4.91. The lowest BCUT2D eigenvalue weighted by atomic mass is 10.2. The fourth-order valence-corrected chi connectivity index (χ4v) is 2.63. The van der Waals surface area contributed by atoms with Gasteiger partial charge in [-0.15, -0.1) is 0 Å². The van der Waals surface area contributed by atoms with Crippen molar-refractivity contribution >= 4 is 22.7 Å². The van der Waals surface area contributed by atoms with Gasteiger partial charge in [0.25, 0.3) is 0 Å². The highest BCUT2D eigenvalue weighted by Gasteiger charge is 2.21. The van der Waals surface area contributed by atoms with Crippen molar-refractivity contribution in [3.05, 3.63) is 60.0 Å². The number of ether oxygens (including phenoxy) is 1. The summed E-state index contributed by atoms with van der Waals surface area (Å²) in [7, 11) is 3.99. The summed E-state index contributed by atoms with van der Waals surface area (Å²) in [6.07, 6.45) is 2.92. The highest BCUT2D eigenvalue weighted by atomic mass is 16.6. The molecular weight excluding hydrogens is 338 g/mol. The molecule has 5 nitrogen and oxygen atoms in total. The van der Waals surface area contributed by atoms with E-state index in [1.165, 1.54) is 4.57 Å². The Morgan fingerprint density at radius 1 is 1.11 bits per heavy atom. The van der Waals surface area contributed by atoms with Crippen LogP contribution in [-0.2, 0) is 4.74 Å². The molecule has 0 aliphatic rings. The number of carbonyl (C=O) groups excluding carboxylic acids is 1. The van der Waals surface area contributed by atoms with Gasteiger partial charge < -0.3 is 9.64 Å². The highest BCUT2D eigenvalue weighted by molar-refractivity contribution is 5.91. The first-order valence-electron chi connectivity index (χ1n) is 8.73. The van der Waals surface area contributed by atoms with Crippen molar-refractivity contribution in [1.29, 1.82) is 0 Å². The van der Waals surface area contributed by atoms with Gasteiger partial charge in [-0.05, 0) is 63.1 Å². The van der Waals surface area contributed by atoms with Crippen molar-refractivity contribution in [2.45, 2.75) is 26.4 Å². The summed E-state index contributed by atoms with van der Waals surface area (Å²) in [4.78, 5) is 18.9. The zero-order valence-corrected chi connectivity index (χ0v) is 16.3. The topological polar surface area (TPSA) is 47.4 Å². The normalized spacial score (nSPS) is 11.0. The van der Waals surface area contributed by atoms with Gasteiger partial charge in [-0.2, -0.15) is 0 Å². The average molecular weight is 361 g/mol. The number of hydrogen-bond donors (Lipinski definition) is 0. The van der Waals surface area contributed by atoms with Crippen LogP contribution in [0.3, 0.4) is 0 Å². The first kappa shape index (κ1) is 18.5. The van der Waals surface area contributed by atoms with Gasteiger partial charge in [0.15, 0.2) is 0 Å². The molecule has 27 heavy (non-hydrogen) atoms. The lowest BCUT2D eigenvalue weighted by molar-refractivity contribution is 0.0543. The lowest BCUT2D eigenvalue weighted by Gasteiger charge is -2.20. The minimum absolute atomic E-state index is 0.448. The van der Waals surface area contributed by atoms with Crippen LogP contribution in [0.2, 0.25) is 0 Å². The van der Waals surface area contributed by atoms with E-state index in [0.717, 1.165) is 22.2 Å². The maximum absolute atomic E-state index is 12.7. The lowest BCUT2D eigenvalue weighted by Crippen LogP contribution is -2.27. The minimum Gasteiger partial charge on any atom is -0.443 e. The summed E-state index contributed by atoms with van der Waals surface area (Å²) in [6, 6.07) is 11.6. The van der Waals surface area contributed by atoms with Gasteiger partial charge in [-0.25, -0.2) is 9.36 Å². The van der Waals surface area contributed by atoms with Crippen LogP contribution in [0.15, 0.2) is 48.8 Å². The van der Waals surface area contributed by atoms with Crippen LogP contribution in [0, 0.1) is 11.8 Å². The Morgan fingerprint density at radius 2 is 1.81 bits per heavy atom. The van der Waals surface area contributed by atoms with E-state index in [1.54, 1.807) is 18.5 Å². The molecule has 0 spiro atoms. The number of pyridine rings is 1. The molecule has 2 aromatic heterocycles. The molecule has 0 aliphatic carbocycles. The standard InChI is InChI=1S/C22H23N3O2/c1-22(2,3)27-21(26)25-19(14-17-15-23-13-12-20(17)25)11-8-16-6-9-18(10-7-16)24(4)5/h6-7,9-10,12-15H,1-5H3. The van der Waals surface area contributed by atoms with Crippen molar-refractivity contribution in [2.75, 3.05) is 19.0 Å². The van der Waals surface area contributed by atoms with Gasteiger partial charge in [0, 0.05) is 43.1 Å². The van der Waals surface area contributed by atoms with E-state index in [4.69, 9.17) is 4.74 Å². The molecule has 0 N–H and O–H groups in total. The van der Waals surface area contributed by atoms with Crippen LogP contribution in [-0.4, -0.2) is 35.3 Å². The van der Waals surface area contributed by atoms with Crippen LogP contribution < -0.4 is 4.90 Å². The molecule has 0 unspecified atom stereocenters. The van der Waals surface area contributed by atoms with Crippen LogP contribution in [0.4, 0.5) is 10.5 Å². The van der Waals surface area contributed by atoms with Gasteiger partial charge in [0.1, 0.15) is 11.3 Å². The predicted octanol–water partition coefficient (Wildman–Crippen LogP) is 4.29. The Labute approximate surface area is 159 Å². The fourth-order valence-electron chi connectivity index (χ4n) is 2.63. The van der Waals surface area contributed by atoms with Crippen LogP contribution in [0.25, 0.3) is 10.9 Å². The molecule has 0 fully saturated rings. The third-order valence-electron chi connectivity index (χ3n) is 3.90. The highest BCUT2D eigenvalue weighted by Crippen LogP contribution is 2.21. The Hall–Kier alpha value is -3.26. The van der Waals surface area contributed by atoms with Crippen molar-refractivity contribution in [3.8, 4) is 11.8 Å². The van der Waals surface area contributed by atoms with Crippen LogP contribution in [0.1, 0.15) is 32.0 Å². The molecule has 0 bridgehead atoms. The van der Waals surface area contributed by atoms with E-state index < -0.39 is 11.7 Å². The second-order valence-corrected chi connectivity index (χ2v) is 7.47. The number of hydrogen-bond acceptors (Lipinski definition) is 4. The molecular formula is C22H23N3O2. The Balaban J connectivity index is 2.02. The molecule has 5 heteroatoms. The van der Waals surface area contributed by atoms with E-state index in [-0.39, 0.29) is 0 Å². The maximum Gasteiger partial charge on any atom is 0.420 e. The summed E-state index contributed by atoms with van der Waals surface area (Å²) < 4.78 is 7.06. The van der Waals surface area contributed by atoms with E-state index >= 15 is 0 Å². The number of anilines is 1. The average Bonchev–Trinajstić information content (AvgIpc) is 2.97. The number of benzene rings is 1. The van der Waals surface area contributed by atoms with Gasteiger partial charge in [-0.1, -0.05) is 5.92 Å². The van der Waals surface area contributed by atoms with E-state index in [2.05, 4.69) is 16.8 Å². The summed E-state index contributed by atoms with van der Waals surface area (Å²) in [6.45, 7) is 5.53. The summed E-state index contributed by atoms with van der Waals surface area (Å²) in [5.74, 6) is 6.23. The van der Waals surface area contributed by atoms with Crippen molar-refractivity contribution in [1.82, 2.24) is 9.55 Å². The van der Waals surface area contributed by atoms with Gasteiger partial charge >= 0.3 is 6.09 Å². The number of aromatic nitrogens is 2. The molecule has 138 valence electrons. The third-order valence-corrected chi connectivity index (χ3v) is 3.90. The van der Waals surface area contributed by atoms with Gasteiger partial charge in [-0.3, -0.25) is 4.98 Å². The van der Waals surface area contributed by atoms with E-state index in [9.17, 15) is 4.79 Å². The monoisotopic (exact) mass is 361 g/mol. The third kappa shape index (κ3) is 4.29. The first-order chi connectivity index (χ1) is 12.7. The van der Waals surface area contributed by atoms with Gasteiger partial charge in [0.2, 0.25) is 0 Å². The smallest absolute Gasteiger partial charge is 0.420 e. The second kappa shape index (κ2) is 7.16. The minimum atomic E-state index is -0.590. The summed E-state index contributed by atoms with van der Waals surface area (Å²) in [5.41, 5.74) is 2.69. The number of carbonyl (C=O) groups is 1. The molecule has 0 amide bonds. The van der Waals surface area contributed by atoms with Crippen molar-refractivity contribution in [3.63, 3.8) is 0 Å². The first-order valence-corrected chi connectivity index (χ1v) is 8.73. The molecule has 0 saturated carbocycles. The summed E-state index contributed by atoms with van der Waals surface area (Å²) in [5, 5.41) is 0.843. The van der Waals surface area contributed by atoms with Crippen molar-refractivity contribution in [2.24, 2.45) is 0 Å². The Morgan fingerprint density at radius 3 is 2.44 bits per heavy atom. The number of rotatable bonds is 1. The number of nitrogens with zero attached hydrogens (tertiary/aromatic N) is 3. The zero-order valence-electron chi connectivity index (χ0n) is 16.3. The number of fused-ring (bicyclic) bond motifs is 1. The van der Waals surface area contributed by atoms with Crippen molar-refractivity contribution < 1.29 is 9.53 Å². The molecule has 0 aliphatic heterocycles. The maximum atomic E-state index is 12.7. The zero-order chi connectivity index (χ0) is 19.6. The summed E-state index contributed by atoms with van der Waals surface area (Å²) >= 11 is 0. The van der Waals surface area contributed by atoms with E-state index in [1.807, 2.05) is 70.1 Å². The molecule has 0 saturated heterocycles. The molecule has 0 radical (unpaired) electrons. The van der Waals surface area contributed by atoms with Gasteiger partial charge in [0.05, 0.1) is 5.52 Å². The van der Waals surface area contributed by atoms with E-state index in [0.29, 0.717) is 5.69 Å². The van der Waals surface area contributed by atoms with Crippen LogP contribution in [0.5, 0.6) is 0 Å². The molecule has 1 aromatic carbocycles. The predicted molar refractivity (Wildman–Crippen MR) is 108 cm³/mol. The quantitative estimate of drug-likeness (QED) is 0.607. The second-order valence-electron chi connectivity index (χ2n) is 7.47. The van der Waals surface area contributed by atoms with Crippen LogP contribution >= 0.6 is 0 Å².